The lowest BCUT2D eigenvalue weighted by Crippen LogP contribution is -2.52. The zero-order chi connectivity index (χ0) is 19.9. The first kappa shape index (κ1) is 21.9. The number of carbonyl (C=O) groups excluding carboxylic acids is 1. The summed E-state index contributed by atoms with van der Waals surface area (Å²) in [7, 11) is 2.90. The van der Waals surface area contributed by atoms with Crippen LogP contribution in [0.25, 0.3) is 0 Å². The third-order valence-electron chi connectivity index (χ3n) is 3.92. The Labute approximate surface area is 152 Å². The number of aliphatic hydroxyl groups excluding tert-OH is 2. The van der Waals surface area contributed by atoms with E-state index in [0.29, 0.717) is 23.6 Å². The molecule has 146 valence electrons. The van der Waals surface area contributed by atoms with Crippen LogP contribution >= 0.6 is 0 Å². The Morgan fingerprint density at radius 2 is 2.23 bits per heavy atom. The van der Waals surface area contributed by atoms with E-state index in [4.69, 9.17) is 4.74 Å². The molecule has 0 aliphatic heterocycles. The minimum atomic E-state index is -2.09. The van der Waals surface area contributed by atoms with Crippen molar-refractivity contribution in [3.63, 3.8) is 0 Å². The summed E-state index contributed by atoms with van der Waals surface area (Å²) in [5, 5.41) is 22.0. The van der Waals surface area contributed by atoms with E-state index in [1.165, 1.54) is 32.2 Å². The predicted molar refractivity (Wildman–Crippen MR) is 96.9 cm³/mol. The molecule has 26 heavy (non-hydrogen) atoms. The number of hydrogen-bond acceptors (Lipinski definition) is 7. The largest absolute Gasteiger partial charge is 0.394 e. The molecule has 0 bridgehead atoms. The van der Waals surface area contributed by atoms with Crippen molar-refractivity contribution in [3.8, 4) is 0 Å². The van der Waals surface area contributed by atoms with Crippen LogP contribution in [-0.2, 0) is 16.0 Å². The number of aliphatic hydroxyl groups is 2. The number of allylic oxidation sites excluding steroid dienone is 1. The van der Waals surface area contributed by atoms with Crippen molar-refractivity contribution in [2.24, 2.45) is 0 Å². The number of nitrogens with zero attached hydrogens (tertiary/aromatic N) is 3. The average Bonchev–Trinajstić information content (AvgIpc) is 2.56. The number of methoxy groups -OCH3 is 1. The van der Waals surface area contributed by atoms with Crippen molar-refractivity contribution in [1.29, 1.82) is 0 Å². The standard InChI is InChI=1S/C17H27FN4O4/c1-6-7-12-15(21-11(2)24)19-10-20-16(12)22(4)9-17(3,18)14(25)13(8-23)26-5/h6,10,13-14,23,25H,1,7-9H2,2-5H3,(H,19,20,21,24). The highest BCUT2D eigenvalue weighted by atomic mass is 19.1. The molecule has 1 aromatic rings. The number of aromatic nitrogens is 2. The van der Waals surface area contributed by atoms with Gasteiger partial charge in [0.1, 0.15) is 30.2 Å². The first-order valence-corrected chi connectivity index (χ1v) is 8.12. The zero-order valence-electron chi connectivity index (χ0n) is 15.6. The van der Waals surface area contributed by atoms with Crippen LogP contribution in [-0.4, -0.2) is 71.3 Å². The lowest BCUT2D eigenvalue weighted by atomic mass is 9.95. The van der Waals surface area contributed by atoms with E-state index in [-0.39, 0.29) is 12.5 Å². The highest BCUT2D eigenvalue weighted by Crippen LogP contribution is 2.28. The summed E-state index contributed by atoms with van der Waals surface area (Å²) in [6.45, 7) is 5.52. The summed E-state index contributed by atoms with van der Waals surface area (Å²) < 4.78 is 20.0. The van der Waals surface area contributed by atoms with Gasteiger partial charge < -0.3 is 25.2 Å². The number of ether oxygens (including phenoxy) is 1. The number of anilines is 2. The molecule has 8 nitrogen and oxygen atoms in total. The minimum Gasteiger partial charge on any atom is -0.394 e. The first-order chi connectivity index (χ1) is 12.2. The van der Waals surface area contributed by atoms with Crippen molar-refractivity contribution in [3.05, 3.63) is 24.5 Å². The third kappa shape index (κ3) is 5.45. The number of rotatable bonds is 10. The summed E-state index contributed by atoms with van der Waals surface area (Å²) in [4.78, 5) is 21.1. The number of hydrogen-bond donors (Lipinski definition) is 3. The van der Waals surface area contributed by atoms with E-state index in [0.717, 1.165) is 0 Å². The second-order valence-electron chi connectivity index (χ2n) is 6.23. The quantitative estimate of drug-likeness (QED) is 0.520. The van der Waals surface area contributed by atoms with Gasteiger partial charge in [-0.15, -0.1) is 6.58 Å². The highest BCUT2D eigenvalue weighted by molar-refractivity contribution is 5.89. The second kappa shape index (κ2) is 9.56. The fourth-order valence-electron chi connectivity index (χ4n) is 2.66. The van der Waals surface area contributed by atoms with Crippen LogP contribution in [0.3, 0.4) is 0 Å². The van der Waals surface area contributed by atoms with Gasteiger partial charge in [-0.05, 0) is 13.3 Å². The van der Waals surface area contributed by atoms with Crippen molar-refractivity contribution in [2.45, 2.75) is 38.1 Å². The lowest BCUT2D eigenvalue weighted by Gasteiger charge is -2.35. The van der Waals surface area contributed by atoms with Gasteiger partial charge in [0.15, 0.2) is 5.67 Å². The van der Waals surface area contributed by atoms with Crippen LogP contribution in [0.5, 0.6) is 0 Å². The molecule has 0 aliphatic carbocycles. The normalized spacial score (nSPS) is 15.7. The summed E-state index contributed by atoms with van der Waals surface area (Å²) in [6.07, 6.45) is 0.656. The third-order valence-corrected chi connectivity index (χ3v) is 3.92. The van der Waals surface area contributed by atoms with Gasteiger partial charge in [0, 0.05) is 26.6 Å². The molecule has 0 spiro atoms. The summed E-state index contributed by atoms with van der Waals surface area (Å²) in [5.41, 5.74) is -1.51. The molecule has 3 N–H and O–H groups in total. The van der Waals surface area contributed by atoms with Gasteiger partial charge in [-0.1, -0.05) is 6.08 Å². The van der Waals surface area contributed by atoms with Gasteiger partial charge in [0.2, 0.25) is 5.91 Å². The van der Waals surface area contributed by atoms with Crippen LogP contribution in [0.2, 0.25) is 0 Å². The number of halogens is 1. The van der Waals surface area contributed by atoms with Gasteiger partial charge >= 0.3 is 0 Å². The fraction of sp³-hybridized carbons (Fsp3) is 0.588. The SMILES string of the molecule is C=CCc1c(NC(C)=O)ncnc1N(C)CC(C)(F)C(O)C(CO)OC. The predicted octanol–water partition coefficient (Wildman–Crippen LogP) is 0.696. The number of carbonyl (C=O) groups is 1. The maximum Gasteiger partial charge on any atom is 0.222 e. The van der Waals surface area contributed by atoms with E-state index < -0.39 is 24.5 Å². The molecule has 3 unspecified atom stereocenters. The Bertz CT molecular complexity index is 623. The molecule has 0 saturated heterocycles. The molecule has 3 atom stereocenters. The molecule has 0 aromatic carbocycles. The molecule has 0 radical (unpaired) electrons. The van der Waals surface area contributed by atoms with Crippen molar-refractivity contribution >= 4 is 17.5 Å². The topological polar surface area (TPSA) is 108 Å². The summed E-state index contributed by atoms with van der Waals surface area (Å²) >= 11 is 0. The Kier molecular flexibility index (Phi) is 8.07. The van der Waals surface area contributed by atoms with Gasteiger partial charge in [-0.3, -0.25) is 4.79 Å². The Balaban J connectivity index is 3.13. The summed E-state index contributed by atoms with van der Waals surface area (Å²) in [5.74, 6) is 0.428. The molecular weight excluding hydrogens is 343 g/mol. The van der Waals surface area contributed by atoms with Gasteiger partial charge in [-0.25, -0.2) is 14.4 Å². The van der Waals surface area contributed by atoms with E-state index in [9.17, 15) is 15.0 Å². The number of alkyl halides is 1. The summed E-state index contributed by atoms with van der Waals surface area (Å²) in [6, 6.07) is 0. The maximum absolute atomic E-state index is 15.1. The van der Waals surface area contributed by atoms with E-state index >= 15 is 4.39 Å². The van der Waals surface area contributed by atoms with Crippen LogP contribution in [0.1, 0.15) is 19.4 Å². The Morgan fingerprint density at radius 3 is 2.73 bits per heavy atom. The van der Waals surface area contributed by atoms with E-state index in [1.54, 1.807) is 13.1 Å². The highest BCUT2D eigenvalue weighted by Gasteiger charge is 2.40. The molecule has 1 amide bonds. The monoisotopic (exact) mass is 370 g/mol. The molecule has 1 aromatic heterocycles. The van der Waals surface area contributed by atoms with E-state index in [1.807, 2.05) is 0 Å². The van der Waals surface area contributed by atoms with Crippen molar-refractivity contribution in [1.82, 2.24) is 9.97 Å². The Morgan fingerprint density at radius 1 is 1.58 bits per heavy atom. The van der Waals surface area contributed by atoms with Crippen molar-refractivity contribution in [2.75, 3.05) is 37.5 Å². The zero-order valence-corrected chi connectivity index (χ0v) is 15.6. The lowest BCUT2D eigenvalue weighted by molar-refractivity contribution is -0.114. The molecule has 1 heterocycles. The average molecular weight is 370 g/mol. The van der Waals surface area contributed by atoms with E-state index in [2.05, 4.69) is 21.9 Å². The van der Waals surface area contributed by atoms with Gasteiger partial charge in [-0.2, -0.15) is 0 Å². The molecule has 0 fully saturated rings. The van der Waals surface area contributed by atoms with Crippen LogP contribution < -0.4 is 10.2 Å². The maximum atomic E-state index is 15.1. The van der Waals surface area contributed by atoms with Gasteiger partial charge in [0.05, 0.1) is 13.2 Å². The molecule has 0 aliphatic rings. The first-order valence-electron chi connectivity index (χ1n) is 8.12. The van der Waals surface area contributed by atoms with Crippen LogP contribution in [0.15, 0.2) is 19.0 Å². The second-order valence-corrected chi connectivity index (χ2v) is 6.23. The van der Waals surface area contributed by atoms with Crippen LogP contribution in [0.4, 0.5) is 16.0 Å². The Hall–Kier alpha value is -2.10. The van der Waals surface area contributed by atoms with Gasteiger partial charge in [0.25, 0.3) is 0 Å². The minimum absolute atomic E-state index is 0.227. The fourth-order valence-corrected chi connectivity index (χ4v) is 2.66. The molecule has 0 saturated carbocycles. The molecular formula is C17H27FN4O4. The number of nitrogens with one attached hydrogen (secondary N) is 1. The van der Waals surface area contributed by atoms with Crippen LogP contribution in [0, 0.1) is 0 Å². The molecule has 9 heteroatoms. The van der Waals surface area contributed by atoms with Crippen molar-refractivity contribution < 1.29 is 24.1 Å². The number of amides is 1. The molecule has 1 rings (SSSR count). The smallest absolute Gasteiger partial charge is 0.222 e.